The molecule has 1 atom stereocenters. The van der Waals surface area contributed by atoms with Crippen LogP contribution in [0.3, 0.4) is 0 Å². The van der Waals surface area contributed by atoms with Gasteiger partial charge in [-0.05, 0) is 33.2 Å². The summed E-state index contributed by atoms with van der Waals surface area (Å²) in [6.45, 7) is 2.90. The number of nitrogens with zero attached hydrogens (tertiary/aromatic N) is 4. The van der Waals surface area contributed by atoms with E-state index in [1.807, 2.05) is 44.4 Å². The van der Waals surface area contributed by atoms with Gasteiger partial charge in [0.1, 0.15) is 5.52 Å². The zero-order valence-corrected chi connectivity index (χ0v) is 13.5. The SMILES string of the molecule is CC(CNc1nc(Nc2ccccc2)c2[nH]cnc2n1)N(C)C. The quantitative estimate of drug-likeness (QED) is 0.649. The van der Waals surface area contributed by atoms with Crippen LogP contribution in [0, 0.1) is 0 Å². The van der Waals surface area contributed by atoms with Crippen molar-refractivity contribution in [1.82, 2.24) is 24.8 Å². The number of likely N-dealkylation sites (N-methyl/N-ethyl adjacent to an activating group) is 1. The molecule has 0 aliphatic rings. The van der Waals surface area contributed by atoms with Gasteiger partial charge in [-0.25, -0.2) is 4.98 Å². The summed E-state index contributed by atoms with van der Waals surface area (Å²) in [6, 6.07) is 10.3. The van der Waals surface area contributed by atoms with Gasteiger partial charge in [-0.2, -0.15) is 9.97 Å². The normalized spacial score (nSPS) is 12.5. The van der Waals surface area contributed by atoms with Crippen LogP contribution < -0.4 is 10.6 Å². The molecule has 3 aromatic rings. The third-order valence-electron chi connectivity index (χ3n) is 3.76. The molecule has 3 rings (SSSR count). The van der Waals surface area contributed by atoms with Crippen molar-refractivity contribution in [2.45, 2.75) is 13.0 Å². The number of hydrogen-bond donors (Lipinski definition) is 3. The predicted octanol–water partition coefficient (Wildman–Crippen LogP) is 2.46. The van der Waals surface area contributed by atoms with Gasteiger partial charge in [0, 0.05) is 18.3 Å². The summed E-state index contributed by atoms with van der Waals surface area (Å²) in [5.74, 6) is 1.27. The number of benzene rings is 1. The zero-order chi connectivity index (χ0) is 16.2. The highest BCUT2D eigenvalue weighted by Crippen LogP contribution is 2.22. The minimum Gasteiger partial charge on any atom is -0.353 e. The van der Waals surface area contributed by atoms with Crippen molar-refractivity contribution in [3.63, 3.8) is 0 Å². The van der Waals surface area contributed by atoms with Crippen molar-refractivity contribution in [1.29, 1.82) is 0 Å². The molecule has 0 aliphatic heterocycles. The summed E-state index contributed by atoms with van der Waals surface area (Å²) < 4.78 is 0. The maximum Gasteiger partial charge on any atom is 0.226 e. The third-order valence-corrected chi connectivity index (χ3v) is 3.76. The van der Waals surface area contributed by atoms with E-state index in [1.54, 1.807) is 6.33 Å². The second kappa shape index (κ2) is 6.62. The van der Waals surface area contributed by atoms with Gasteiger partial charge in [0.05, 0.1) is 6.33 Å². The topological polar surface area (TPSA) is 81.8 Å². The Hall–Kier alpha value is -2.67. The lowest BCUT2D eigenvalue weighted by Gasteiger charge is -2.20. The summed E-state index contributed by atoms with van der Waals surface area (Å²) >= 11 is 0. The average molecular weight is 311 g/mol. The van der Waals surface area contributed by atoms with Gasteiger partial charge >= 0.3 is 0 Å². The molecular formula is C16H21N7. The molecule has 0 radical (unpaired) electrons. The molecule has 7 nitrogen and oxygen atoms in total. The monoisotopic (exact) mass is 311 g/mol. The Bertz CT molecular complexity index is 766. The van der Waals surface area contributed by atoms with Crippen molar-refractivity contribution in [2.24, 2.45) is 0 Å². The Morgan fingerprint density at radius 1 is 1.17 bits per heavy atom. The summed E-state index contributed by atoms with van der Waals surface area (Å²) in [4.78, 5) is 18.5. The summed E-state index contributed by atoms with van der Waals surface area (Å²) in [6.07, 6.45) is 1.63. The van der Waals surface area contributed by atoms with Crippen molar-refractivity contribution in [3.05, 3.63) is 36.7 Å². The fraction of sp³-hybridized carbons (Fsp3) is 0.312. The average Bonchev–Trinajstić information content (AvgIpc) is 3.02. The highest BCUT2D eigenvalue weighted by atomic mass is 15.2. The van der Waals surface area contributed by atoms with Crippen LogP contribution in [0.15, 0.2) is 36.7 Å². The molecule has 0 spiro atoms. The molecule has 0 fully saturated rings. The van der Waals surface area contributed by atoms with Gasteiger partial charge in [-0.3, -0.25) is 0 Å². The van der Waals surface area contributed by atoms with Gasteiger partial charge in [0.15, 0.2) is 11.5 Å². The van der Waals surface area contributed by atoms with E-state index >= 15 is 0 Å². The molecule has 1 aromatic carbocycles. The van der Waals surface area contributed by atoms with E-state index in [0.29, 0.717) is 23.5 Å². The first-order valence-corrected chi connectivity index (χ1v) is 7.57. The number of fused-ring (bicyclic) bond motifs is 1. The number of aromatic nitrogens is 4. The summed E-state index contributed by atoms with van der Waals surface area (Å²) in [7, 11) is 4.10. The predicted molar refractivity (Wildman–Crippen MR) is 93.0 cm³/mol. The molecule has 2 aromatic heterocycles. The number of hydrogen-bond acceptors (Lipinski definition) is 6. The molecule has 7 heteroatoms. The van der Waals surface area contributed by atoms with E-state index in [4.69, 9.17) is 0 Å². The number of imidazole rings is 1. The smallest absolute Gasteiger partial charge is 0.226 e. The molecule has 3 N–H and O–H groups in total. The zero-order valence-electron chi connectivity index (χ0n) is 13.5. The lowest BCUT2D eigenvalue weighted by molar-refractivity contribution is 0.326. The maximum absolute atomic E-state index is 4.58. The van der Waals surface area contributed by atoms with Crippen LogP contribution in [0.5, 0.6) is 0 Å². The lowest BCUT2D eigenvalue weighted by atomic mass is 10.3. The minimum absolute atomic E-state index is 0.374. The second-order valence-corrected chi connectivity index (χ2v) is 5.68. The molecule has 0 saturated heterocycles. The fourth-order valence-electron chi connectivity index (χ4n) is 2.08. The molecule has 1 unspecified atom stereocenters. The van der Waals surface area contributed by atoms with Crippen molar-refractivity contribution < 1.29 is 0 Å². The molecular weight excluding hydrogens is 290 g/mol. The van der Waals surface area contributed by atoms with E-state index in [0.717, 1.165) is 17.7 Å². The fourth-order valence-corrected chi connectivity index (χ4v) is 2.08. The number of aromatic amines is 1. The number of H-pyrrole nitrogens is 1. The van der Waals surface area contributed by atoms with E-state index in [1.165, 1.54) is 0 Å². The van der Waals surface area contributed by atoms with Crippen LogP contribution in [0.25, 0.3) is 11.2 Å². The molecule has 2 heterocycles. The molecule has 0 saturated carbocycles. The summed E-state index contributed by atoms with van der Waals surface area (Å²) in [5.41, 5.74) is 2.40. The van der Waals surface area contributed by atoms with Crippen LogP contribution in [0.4, 0.5) is 17.5 Å². The van der Waals surface area contributed by atoms with Crippen molar-refractivity contribution in [2.75, 3.05) is 31.3 Å². The number of rotatable bonds is 6. The van der Waals surface area contributed by atoms with Crippen LogP contribution >= 0.6 is 0 Å². The van der Waals surface area contributed by atoms with Gasteiger partial charge in [0.25, 0.3) is 0 Å². The Morgan fingerprint density at radius 3 is 2.70 bits per heavy atom. The van der Waals surface area contributed by atoms with Crippen molar-refractivity contribution >= 4 is 28.6 Å². The molecule has 0 bridgehead atoms. The summed E-state index contributed by atoms with van der Waals surface area (Å²) in [5, 5.41) is 6.59. The van der Waals surface area contributed by atoms with Crippen LogP contribution in [0.2, 0.25) is 0 Å². The minimum atomic E-state index is 0.374. The first-order valence-electron chi connectivity index (χ1n) is 7.57. The van der Waals surface area contributed by atoms with Crippen LogP contribution in [0.1, 0.15) is 6.92 Å². The first kappa shape index (κ1) is 15.2. The number of para-hydroxylation sites is 1. The molecule has 0 aliphatic carbocycles. The maximum atomic E-state index is 4.58. The largest absolute Gasteiger partial charge is 0.353 e. The van der Waals surface area contributed by atoms with Gasteiger partial charge in [-0.15, -0.1) is 0 Å². The van der Waals surface area contributed by atoms with E-state index in [9.17, 15) is 0 Å². The molecule has 0 amide bonds. The van der Waals surface area contributed by atoms with Crippen molar-refractivity contribution in [3.8, 4) is 0 Å². The Labute approximate surface area is 135 Å². The third kappa shape index (κ3) is 3.57. The highest BCUT2D eigenvalue weighted by Gasteiger charge is 2.11. The van der Waals surface area contributed by atoms with Gasteiger partial charge in [0.2, 0.25) is 5.95 Å². The van der Waals surface area contributed by atoms with Gasteiger partial charge in [-0.1, -0.05) is 18.2 Å². The second-order valence-electron chi connectivity index (χ2n) is 5.68. The molecule has 23 heavy (non-hydrogen) atoms. The Morgan fingerprint density at radius 2 is 1.96 bits per heavy atom. The Kier molecular flexibility index (Phi) is 4.38. The molecule has 120 valence electrons. The first-order chi connectivity index (χ1) is 11.1. The van der Waals surface area contributed by atoms with Crippen LogP contribution in [-0.2, 0) is 0 Å². The lowest BCUT2D eigenvalue weighted by Crippen LogP contribution is -2.31. The van der Waals surface area contributed by atoms with E-state index in [2.05, 4.69) is 42.4 Å². The standard InChI is InChI=1S/C16H21N7/c1-11(23(2)3)9-17-16-21-14-13(18-10-19-14)15(22-16)20-12-7-5-4-6-8-12/h4-8,10-11H,9H2,1-3H3,(H3,17,18,19,20,21,22). The Balaban J connectivity index is 1.86. The highest BCUT2D eigenvalue weighted by molar-refractivity contribution is 5.85. The van der Waals surface area contributed by atoms with E-state index < -0.39 is 0 Å². The van der Waals surface area contributed by atoms with Crippen LogP contribution in [-0.4, -0.2) is 51.5 Å². The van der Waals surface area contributed by atoms with E-state index in [-0.39, 0.29) is 0 Å². The van der Waals surface area contributed by atoms with Gasteiger partial charge < -0.3 is 20.5 Å². The number of anilines is 3. The number of nitrogens with one attached hydrogen (secondary N) is 3.